The number of nitrogens with one attached hydrogen (secondary N) is 1. The van der Waals surface area contributed by atoms with Crippen molar-refractivity contribution in [3.63, 3.8) is 0 Å². The summed E-state index contributed by atoms with van der Waals surface area (Å²) in [5.41, 5.74) is 0.868. The van der Waals surface area contributed by atoms with Crippen LogP contribution in [0, 0.1) is 16.0 Å². The molecule has 2 rings (SSSR count). The molecule has 1 saturated heterocycles. The summed E-state index contributed by atoms with van der Waals surface area (Å²) >= 11 is 0. The molecule has 1 fully saturated rings. The Labute approximate surface area is 129 Å². The van der Waals surface area contributed by atoms with Crippen LogP contribution in [0.25, 0.3) is 0 Å². The molecule has 1 aliphatic heterocycles. The molecule has 0 aliphatic carbocycles. The number of nitro benzene ring substituents is 1. The lowest BCUT2D eigenvalue weighted by Gasteiger charge is -2.16. The molecule has 1 aliphatic rings. The second-order valence-corrected chi connectivity index (χ2v) is 5.51. The molecule has 7 heteroatoms. The summed E-state index contributed by atoms with van der Waals surface area (Å²) in [5.74, 6) is 0.351. The summed E-state index contributed by atoms with van der Waals surface area (Å²) in [7, 11) is 0. The van der Waals surface area contributed by atoms with Gasteiger partial charge in [-0.15, -0.1) is 0 Å². The fraction of sp³-hybridized carbons (Fsp3) is 0.533. The van der Waals surface area contributed by atoms with Crippen LogP contribution in [-0.2, 0) is 4.79 Å². The zero-order valence-electron chi connectivity index (χ0n) is 12.4. The lowest BCUT2D eigenvalue weighted by Crippen LogP contribution is -2.29. The number of benzene rings is 1. The largest absolute Gasteiger partial charge is 0.396 e. The molecule has 0 aromatic heterocycles. The normalized spacial score (nSPS) is 17.5. The minimum atomic E-state index is -0.432. The number of anilines is 1. The minimum Gasteiger partial charge on any atom is -0.396 e. The van der Waals surface area contributed by atoms with Crippen molar-refractivity contribution in [3.05, 3.63) is 34.4 Å². The van der Waals surface area contributed by atoms with Crippen LogP contribution in [0.5, 0.6) is 0 Å². The second kappa shape index (κ2) is 7.74. The van der Waals surface area contributed by atoms with E-state index >= 15 is 0 Å². The average Bonchev–Trinajstić information content (AvgIpc) is 3.01. The molecule has 1 aromatic rings. The summed E-state index contributed by atoms with van der Waals surface area (Å²) in [6.45, 7) is 2.18. The maximum atomic E-state index is 12.0. The highest BCUT2D eigenvalue weighted by atomic mass is 16.6. The molecule has 0 radical (unpaired) electrons. The molecule has 2 N–H and O–H groups in total. The van der Waals surface area contributed by atoms with Gasteiger partial charge in [-0.25, -0.2) is 0 Å². The summed E-state index contributed by atoms with van der Waals surface area (Å²) in [4.78, 5) is 23.9. The van der Waals surface area contributed by atoms with Gasteiger partial charge in [-0.2, -0.15) is 0 Å². The molecule has 22 heavy (non-hydrogen) atoms. The number of carbonyl (C=O) groups is 1. The Hall–Kier alpha value is -2.15. The van der Waals surface area contributed by atoms with Crippen LogP contribution < -0.4 is 5.32 Å². The number of hydrogen-bond acceptors (Lipinski definition) is 5. The highest BCUT2D eigenvalue weighted by molar-refractivity contribution is 5.76. The molecule has 1 atom stereocenters. The van der Waals surface area contributed by atoms with E-state index in [1.165, 1.54) is 12.1 Å². The third-order valence-electron chi connectivity index (χ3n) is 3.87. The van der Waals surface area contributed by atoms with E-state index in [0.29, 0.717) is 25.9 Å². The van der Waals surface area contributed by atoms with Crippen LogP contribution in [0.15, 0.2) is 24.3 Å². The standard InChI is InChI=1S/C15H21N3O4/c19-11-12-7-9-17(10-12)15(20)2-1-8-16-13-3-5-14(6-4-13)18(21)22/h3-6,12,16,19H,1-2,7-11H2. The third-order valence-corrected chi connectivity index (χ3v) is 3.87. The van der Waals surface area contributed by atoms with Crippen molar-refractivity contribution in [3.8, 4) is 0 Å². The van der Waals surface area contributed by atoms with E-state index < -0.39 is 4.92 Å². The van der Waals surface area contributed by atoms with Gasteiger partial charge < -0.3 is 15.3 Å². The quantitative estimate of drug-likeness (QED) is 0.453. The Morgan fingerprint density at radius 3 is 2.73 bits per heavy atom. The number of amides is 1. The van der Waals surface area contributed by atoms with Crippen molar-refractivity contribution >= 4 is 17.3 Å². The van der Waals surface area contributed by atoms with E-state index in [4.69, 9.17) is 5.11 Å². The lowest BCUT2D eigenvalue weighted by atomic mass is 10.1. The first kappa shape index (κ1) is 16.2. The number of aliphatic hydroxyl groups excluding tert-OH is 1. The Morgan fingerprint density at radius 2 is 2.14 bits per heavy atom. The van der Waals surface area contributed by atoms with Crippen molar-refractivity contribution in [2.75, 3.05) is 31.6 Å². The monoisotopic (exact) mass is 307 g/mol. The van der Waals surface area contributed by atoms with Gasteiger partial charge in [0.15, 0.2) is 0 Å². The van der Waals surface area contributed by atoms with Gasteiger partial charge in [0.25, 0.3) is 5.69 Å². The van der Waals surface area contributed by atoms with Crippen molar-refractivity contribution in [1.29, 1.82) is 0 Å². The number of non-ortho nitro benzene ring substituents is 1. The van der Waals surface area contributed by atoms with Gasteiger partial charge in [0.2, 0.25) is 5.91 Å². The zero-order valence-corrected chi connectivity index (χ0v) is 12.4. The van der Waals surface area contributed by atoms with Gasteiger partial charge in [0.1, 0.15) is 0 Å². The maximum absolute atomic E-state index is 12.0. The highest BCUT2D eigenvalue weighted by Gasteiger charge is 2.24. The average molecular weight is 307 g/mol. The van der Waals surface area contributed by atoms with Gasteiger partial charge in [0, 0.05) is 56.4 Å². The first-order chi connectivity index (χ1) is 10.6. The first-order valence-corrected chi connectivity index (χ1v) is 7.47. The van der Waals surface area contributed by atoms with E-state index in [-0.39, 0.29) is 24.1 Å². The summed E-state index contributed by atoms with van der Waals surface area (Å²) in [6, 6.07) is 6.22. The summed E-state index contributed by atoms with van der Waals surface area (Å²) in [5, 5.41) is 22.8. The first-order valence-electron chi connectivity index (χ1n) is 7.47. The Kier molecular flexibility index (Phi) is 5.71. The Bertz CT molecular complexity index is 518. The van der Waals surface area contributed by atoms with E-state index in [1.807, 2.05) is 4.90 Å². The minimum absolute atomic E-state index is 0.0631. The molecule has 1 aromatic carbocycles. The van der Waals surface area contributed by atoms with E-state index in [1.54, 1.807) is 12.1 Å². The van der Waals surface area contributed by atoms with Crippen LogP contribution in [0.2, 0.25) is 0 Å². The second-order valence-electron chi connectivity index (χ2n) is 5.51. The predicted molar refractivity (Wildman–Crippen MR) is 82.6 cm³/mol. The third kappa shape index (κ3) is 4.42. The number of nitrogens with zero attached hydrogens (tertiary/aromatic N) is 2. The van der Waals surface area contributed by atoms with Crippen LogP contribution in [0.3, 0.4) is 0 Å². The lowest BCUT2D eigenvalue weighted by molar-refractivity contribution is -0.384. The van der Waals surface area contributed by atoms with E-state index in [0.717, 1.165) is 18.7 Å². The maximum Gasteiger partial charge on any atom is 0.269 e. The summed E-state index contributed by atoms with van der Waals surface area (Å²) in [6.07, 6.45) is 2.05. The number of rotatable bonds is 7. The van der Waals surface area contributed by atoms with E-state index in [9.17, 15) is 14.9 Å². The molecule has 0 saturated carbocycles. The zero-order chi connectivity index (χ0) is 15.9. The molecule has 0 spiro atoms. The number of carbonyl (C=O) groups excluding carboxylic acids is 1. The Morgan fingerprint density at radius 1 is 1.41 bits per heavy atom. The van der Waals surface area contributed by atoms with Crippen molar-refractivity contribution in [2.45, 2.75) is 19.3 Å². The number of hydrogen-bond donors (Lipinski definition) is 2. The number of likely N-dealkylation sites (tertiary alicyclic amines) is 1. The smallest absolute Gasteiger partial charge is 0.269 e. The predicted octanol–water partition coefficient (Wildman–Crippen LogP) is 1.63. The molecule has 1 amide bonds. The van der Waals surface area contributed by atoms with Gasteiger partial charge in [0.05, 0.1) is 4.92 Å². The van der Waals surface area contributed by atoms with Crippen LogP contribution in [0.1, 0.15) is 19.3 Å². The van der Waals surface area contributed by atoms with E-state index in [2.05, 4.69) is 5.32 Å². The number of aliphatic hydroxyl groups is 1. The van der Waals surface area contributed by atoms with Crippen LogP contribution in [-0.4, -0.2) is 47.1 Å². The topological polar surface area (TPSA) is 95.7 Å². The SMILES string of the molecule is O=C(CCCNc1ccc([N+](=O)[O-])cc1)N1CCC(CO)C1. The van der Waals surface area contributed by atoms with Crippen molar-refractivity contribution in [1.82, 2.24) is 4.90 Å². The van der Waals surface area contributed by atoms with Crippen LogP contribution in [0.4, 0.5) is 11.4 Å². The van der Waals surface area contributed by atoms with Crippen LogP contribution >= 0.6 is 0 Å². The van der Waals surface area contributed by atoms with Gasteiger partial charge >= 0.3 is 0 Å². The molecular formula is C15H21N3O4. The molecule has 120 valence electrons. The fourth-order valence-electron chi connectivity index (χ4n) is 2.54. The molecule has 0 bridgehead atoms. The van der Waals surface area contributed by atoms with Gasteiger partial charge in [-0.1, -0.05) is 0 Å². The summed E-state index contributed by atoms with van der Waals surface area (Å²) < 4.78 is 0. The fourth-order valence-corrected chi connectivity index (χ4v) is 2.54. The van der Waals surface area contributed by atoms with Crippen molar-refractivity contribution < 1.29 is 14.8 Å². The molecular weight excluding hydrogens is 286 g/mol. The Balaban J connectivity index is 1.66. The molecule has 1 heterocycles. The van der Waals surface area contributed by atoms with Crippen molar-refractivity contribution in [2.24, 2.45) is 5.92 Å². The van der Waals surface area contributed by atoms with Gasteiger partial charge in [-0.3, -0.25) is 14.9 Å². The van der Waals surface area contributed by atoms with Gasteiger partial charge in [-0.05, 0) is 25.0 Å². The molecule has 7 nitrogen and oxygen atoms in total. The molecule has 1 unspecified atom stereocenters. The highest BCUT2D eigenvalue weighted by Crippen LogP contribution is 2.17. The number of nitro groups is 1.